The van der Waals surface area contributed by atoms with Crippen LogP contribution in [-0.4, -0.2) is 24.5 Å². The first kappa shape index (κ1) is 19.3. The van der Waals surface area contributed by atoms with Crippen LogP contribution in [0.3, 0.4) is 0 Å². The van der Waals surface area contributed by atoms with E-state index >= 15 is 0 Å². The zero-order valence-electron chi connectivity index (χ0n) is 13.2. The summed E-state index contributed by atoms with van der Waals surface area (Å²) in [6, 6.07) is 0. The first-order chi connectivity index (χ1) is 8.92. The van der Waals surface area contributed by atoms with Gasteiger partial charge in [-0.3, -0.25) is 0 Å². The van der Waals surface area contributed by atoms with Crippen LogP contribution in [0, 0.1) is 11.3 Å². The predicted octanol–water partition coefficient (Wildman–Crippen LogP) is 1.77. The Morgan fingerprint density at radius 2 is 2.00 bits per heavy atom. The van der Waals surface area contributed by atoms with Gasteiger partial charge >= 0.3 is 135 Å². The number of thioether (sulfide) groups is 1. The molecule has 0 saturated heterocycles. The molecule has 0 aliphatic rings. The molecule has 0 spiro atoms. The van der Waals surface area contributed by atoms with Gasteiger partial charge in [0.25, 0.3) is 0 Å². The number of rotatable bonds is 9. The van der Waals surface area contributed by atoms with Crippen LogP contribution >= 0.6 is 11.8 Å². The summed E-state index contributed by atoms with van der Waals surface area (Å²) in [5, 5.41) is 8.33. The van der Waals surface area contributed by atoms with E-state index in [2.05, 4.69) is 49.2 Å². The van der Waals surface area contributed by atoms with Crippen molar-refractivity contribution in [2.45, 2.75) is 63.2 Å². The summed E-state index contributed by atoms with van der Waals surface area (Å²) in [6.07, 6.45) is 10.6. The van der Waals surface area contributed by atoms with Gasteiger partial charge in [-0.2, -0.15) is 0 Å². The fourth-order valence-corrected chi connectivity index (χ4v) is 5.46. The maximum absolute atomic E-state index is 7.89. The fraction of sp³-hybridized carbons (Fsp3) is 0.800. The van der Waals surface area contributed by atoms with Crippen LogP contribution in [0.1, 0.15) is 53.9 Å². The number of hydrogen-bond donors (Lipinski definition) is 1. The van der Waals surface area contributed by atoms with Crippen molar-refractivity contribution in [3.8, 4) is 0 Å². The van der Waals surface area contributed by atoms with Crippen LogP contribution in [0.4, 0.5) is 0 Å². The average Bonchev–Trinajstić information content (AvgIpc) is 2.35. The van der Waals surface area contributed by atoms with Crippen LogP contribution in [-0.2, 0) is 0 Å². The van der Waals surface area contributed by atoms with Crippen molar-refractivity contribution in [2.75, 3.05) is 6.26 Å². The Labute approximate surface area is 134 Å². The van der Waals surface area contributed by atoms with Gasteiger partial charge in [0.1, 0.15) is 0 Å². The summed E-state index contributed by atoms with van der Waals surface area (Å²) in [6.45, 7) is 11.0. The topological polar surface area (TPSA) is 27.1 Å². The fourth-order valence-electron chi connectivity index (χ4n) is 1.83. The van der Waals surface area contributed by atoms with E-state index in [4.69, 9.17) is 5.41 Å². The van der Waals surface area contributed by atoms with E-state index in [1.807, 2.05) is 18.7 Å². The second kappa shape index (κ2) is 11.0. The molecule has 0 aliphatic carbocycles. The molecular weight excluding hydrogens is 367 g/mol. The van der Waals surface area contributed by atoms with E-state index in [0.29, 0.717) is 15.1 Å². The third-order valence-electron chi connectivity index (χ3n) is 2.96. The molecule has 0 aliphatic heterocycles. The van der Waals surface area contributed by atoms with Crippen LogP contribution in [0.15, 0.2) is 12.2 Å². The quantitative estimate of drug-likeness (QED) is 0.122. The average molecular weight is 397 g/mol. The van der Waals surface area contributed by atoms with Gasteiger partial charge in [-0.15, -0.1) is 0 Å². The number of allylic oxidation sites excluding steroid dienone is 2. The SMILES string of the molecule is CCCC(C)C/C=C\[C@H](C)[I-]N(C(C)=N)C(C)SC. The van der Waals surface area contributed by atoms with Crippen LogP contribution in [0.2, 0.25) is 0 Å². The summed E-state index contributed by atoms with van der Waals surface area (Å²) in [5.41, 5.74) is 0. The Hall–Kier alpha value is 0.290. The Kier molecular flexibility index (Phi) is 11.2. The normalized spacial score (nSPS) is 16.5. The Morgan fingerprint density at radius 3 is 2.47 bits per heavy atom. The van der Waals surface area contributed by atoms with Gasteiger partial charge in [0.15, 0.2) is 0 Å². The van der Waals surface area contributed by atoms with Crippen molar-refractivity contribution >= 4 is 17.6 Å². The summed E-state index contributed by atoms with van der Waals surface area (Å²) >= 11 is 1.70. The molecule has 0 rings (SSSR count). The zero-order valence-corrected chi connectivity index (χ0v) is 16.2. The van der Waals surface area contributed by atoms with Crippen molar-refractivity contribution in [2.24, 2.45) is 5.92 Å². The molecule has 0 fully saturated rings. The molecule has 0 saturated carbocycles. The van der Waals surface area contributed by atoms with Crippen molar-refractivity contribution in [1.82, 2.24) is 3.11 Å². The maximum atomic E-state index is 7.89. The van der Waals surface area contributed by atoms with Crippen molar-refractivity contribution in [3.63, 3.8) is 0 Å². The third-order valence-corrected chi connectivity index (χ3v) is 7.69. The van der Waals surface area contributed by atoms with Gasteiger partial charge in [0.2, 0.25) is 0 Å². The number of halogens is 1. The molecule has 0 radical (unpaired) electrons. The molecule has 0 aromatic carbocycles. The monoisotopic (exact) mass is 397 g/mol. The minimum absolute atomic E-state index is 0.130. The minimum atomic E-state index is -0.130. The van der Waals surface area contributed by atoms with Crippen LogP contribution in [0.5, 0.6) is 0 Å². The molecule has 2 nitrogen and oxygen atoms in total. The Bertz CT molecular complexity index is 281. The number of hydrogen-bond acceptors (Lipinski definition) is 2. The molecule has 3 atom stereocenters. The second-order valence-electron chi connectivity index (χ2n) is 5.06. The molecule has 114 valence electrons. The molecule has 0 aromatic heterocycles. The molecule has 4 heteroatoms. The van der Waals surface area contributed by atoms with Crippen LogP contribution < -0.4 is 21.5 Å². The molecule has 0 aromatic rings. The van der Waals surface area contributed by atoms with Crippen LogP contribution in [0.25, 0.3) is 0 Å². The van der Waals surface area contributed by atoms with E-state index < -0.39 is 0 Å². The molecule has 2 unspecified atom stereocenters. The van der Waals surface area contributed by atoms with Gasteiger partial charge in [0.05, 0.1) is 0 Å². The summed E-state index contributed by atoms with van der Waals surface area (Å²) in [7, 11) is 0. The van der Waals surface area contributed by atoms with E-state index in [9.17, 15) is 0 Å². The molecule has 19 heavy (non-hydrogen) atoms. The molecule has 0 amide bonds. The van der Waals surface area contributed by atoms with E-state index in [0.717, 1.165) is 5.92 Å². The number of nitrogens with zero attached hydrogens (tertiary/aromatic N) is 1. The van der Waals surface area contributed by atoms with Gasteiger partial charge in [-0.1, -0.05) is 0 Å². The van der Waals surface area contributed by atoms with Gasteiger partial charge in [-0.05, 0) is 0 Å². The van der Waals surface area contributed by atoms with Crippen molar-refractivity contribution < 1.29 is 21.5 Å². The molecule has 0 heterocycles. The summed E-state index contributed by atoms with van der Waals surface area (Å²) < 4.78 is 2.90. The number of nitrogens with one attached hydrogen (secondary N) is 1. The van der Waals surface area contributed by atoms with Gasteiger partial charge in [-0.25, -0.2) is 0 Å². The second-order valence-corrected chi connectivity index (χ2v) is 9.78. The van der Waals surface area contributed by atoms with E-state index in [1.54, 1.807) is 0 Å². The number of amidine groups is 1. The first-order valence-corrected chi connectivity index (χ1v) is 10.6. The molecular formula is C15H30IN2S-. The third kappa shape index (κ3) is 8.95. The predicted molar refractivity (Wildman–Crippen MR) is 85.5 cm³/mol. The van der Waals surface area contributed by atoms with Gasteiger partial charge < -0.3 is 0 Å². The summed E-state index contributed by atoms with van der Waals surface area (Å²) in [4.78, 5) is 0. The first-order valence-electron chi connectivity index (χ1n) is 7.09. The van der Waals surface area contributed by atoms with Crippen molar-refractivity contribution in [3.05, 3.63) is 12.2 Å². The Balaban J connectivity index is 4.22. The number of alkyl halides is 1. The summed E-state index contributed by atoms with van der Waals surface area (Å²) in [5.74, 6) is 1.52. The van der Waals surface area contributed by atoms with Crippen molar-refractivity contribution in [1.29, 1.82) is 5.41 Å². The van der Waals surface area contributed by atoms with E-state index in [1.165, 1.54) is 19.3 Å². The molecule has 0 bridgehead atoms. The standard InChI is InChI=1S/C15H30IN2S/c1-7-9-12(2)10-8-11-13(3)16-18(14(4)17)15(5)19-6/h8,11-13,15,17H,7,9-10H2,1-6H3/q-1/b11-8-,17-14?/t12?,13-,15?/m0/s1. The van der Waals surface area contributed by atoms with Gasteiger partial charge in [0, 0.05) is 0 Å². The zero-order chi connectivity index (χ0) is 14.8. The van der Waals surface area contributed by atoms with E-state index in [-0.39, 0.29) is 21.5 Å². The Morgan fingerprint density at radius 1 is 1.37 bits per heavy atom. The molecule has 1 N–H and O–H groups in total.